The van der Waals surface area contributed by atoms with Crippen LogP contribution in [-0.2, 0) is 0 Å². The van der Waals surface area contributed by atoms with Crippen molar-refractivity contribution in [3.05, 3.63) is 206 Å². The molecule has 0 aliphatic rings. The first-order valence-corrected chi connectivity index (χ1v) is 18.6. The van der Waals surface area contributed by atoms with E-state index in [1.165, 1.54) is 99.1 Å². The maximum absolute atomic E-state index is 2.47. The summed E-state index contributed by atoms with van der Waals surface area (Å²) in [7, 11) is 0. The third kappa shape index (κ3) is 4.81. The normalized spacial score (nSPS) is 11.7. The van der Waals surface area contributed by atoms with Gasteiger partial charge in [-0.2, -0.15) is 0 Å². The zero-order valence-corrected chi connectivity index (χ0v) is 29.5. The standard InChI is InChI=1S/C52H34N2/c1-4-14-35(15-5-1)37-24-27-43-41(30-37)31-40(36-16-6-2-7-17-36)34-52(43)54-49-23-13-11-21-45(49)47-33-39(26-29-51(47)54)38-25-28-50-46(32-38)44-20-10-12-22-48(44)53(50)42-18-8-3-9-19-42/h1-34H. The number of benzene rings is 9. The Balaban J connectivity index is 1.13. The van der Waals surface area contributed by atoms with Crippen molar-refractivity contribution in [3.63, 3.8) is 0 Å². The van der Waals surface area contributed by atoms with Crippen molar-refractivity contribution in [2.75, 3.05) is 0 Å². The second-order valence-electron chi connectivity index (χ2n) is 14.2. The van der Waals surface area contributed by atoms with Crippen LogP contribution in [0.5, 0.6) is 0 Å². The summed E-state index contributed by atoms with van der Waals surface area (Å²) in [6.07, 6.45) is 0. The molecule has 2 aromatic heterocycles. The van der Waals surface area contributed by atoms with Gasteiger partial charge in [0.1, 0.15) is 0 Å². The molecule has 252 valence electrons. The van der Waals surface area contributed by atoms with Crippen LogP contribution in [0.25, 0.3) is 99.1 Å². The van der Waals surface area contributed by atoms with Crippen LogP contribution in [-0.4, -0.2) is 9.13 Å². The molecule has 0 saturated carbocycles. The molecule has 0 atom stereocenters. The summed E-state index contributed by atoms with van der Waals surface area (Å²) >= 11 is 0. The Morgan fingerprint density at radius 1 is 0.241 bits per heavy atom. The van der Waals surface area contributed by atoms with E-state index in [4.69, 9.17) is 0 Å². The van der Waals surface area contributed by atoms with Crippen LogP contribution < -0.4 is 0 Å². The lowest BCUT2D eigenvalue weighted by atomic mass is 9.96. The monoisotopic (exact) mass is 686 g/mol. The van der Waals surface area contributed by atoms with Crippen molar-refractivity contribution in [2.24, 2.45) is 0 Å². The third-order valence-electron chi connectivity index (χ3n) is 11.1. The van der Waals surface area contributed by atoms with Gasteiger partial charge in [-0.25, -0.2) is 0 Å². The van der Waals surface area contributed by atoms with E-state index in [0.29, 0.717) is 0 Å². The van der Waals surface area contributed by atoms with Gasteiger partial charge in [0.05, 0.1) is 27.8 Å². The fourth-order valence-corrected chi connectivity index (χ4v) is 8.56. The number of aromatic nitrogens is 2. The van der Waals surface area contributed by atoms with Gasteiger partial charge >= 0.3 is 0 Å². The largest absolute Gasteiger partial charge is 0.309 e. The lowest BCUT2D eigenvalue weighted by molar-refractivity contribution is 1.18. The van der Waals surface area contributed by atoms with Crippen molar-refractivity contribution in [2.45, 2.75) is 0 Å². The second-order valence-corrected chi connectivity index (χ2v) is 14.2. The summed E-state index contributed by atoms with van der Waals surface area (Å²) in [5.41, 5.74) is 14.4. The number of rotatable bonds is 5. The molecule has 0 saturated heterocycles. The molecule has 0 bridgehead atoms. The van der Waals surface area contributed by atoms with Gasteiger partial charge in [0.2, 0.25) is 0 Å². The van der Waals surface area contributed by atoms with Gasteiger partial charge in [-0.3, -0.25) is 0 Å². The Hall–Kier alpha value is -7.16. The second kappa shape index (κ2) is 12.2. The molecule has 2 heterocycles. The van der Waals surface area contributed by atoms with Crippen molar-refractivity contribution >= 4 is 54.4 Å². The lowest BCUT2D eigenvalue weighted by Crippen LogP contribution is -1.97. The SMILES string of the molecule is c1ccc(-c2ccc3c(-n4c5ccccc5c5cc(-c6ccc7c(c6)c6ccccc6n7-c6ccccc6)ccc54)cc(-c4ccccc4)cc3c2)cc1. The van der Waals surface area contributed by atoms with Crippen molar-refractivity contribution in [1.82, 2.24) is 9.13 Å². The number of para-hydroxylation sites is 3. The topological polar surface area (TPSA) is 9.86 Å². The summed E-state index contributed by atoms with van der Waals surface area (Å²) < 4.78 is 4.85. The first-order chi connectivity index (χ1) is 26.8. The Morgan fingerprint density at radius 3 is 1.31 bits per heavy atom. The van der Waals surface area contributed by atoms with Crippen molar-refractivity contribution in [3.8, 4) is 44.8 Å². The van der Waals surface area contributed by atoms with Crippen LogP contribution in [0.1, 0.15) is 0 Å². The Labute approximate surface area is 313 Å². The average Bonchev–Trinajstić information content (AvgIpc) is 3.76. The first-order valence-electron chi connectivity index (χ1n) is 18.6. The highest BCUT2D eigenvalue weighted by Crippen LogP contribution is 2.41. The van der Waals surface area contributed by atoms with Gasteiger partial charge < -0.3 is 9.13 Å². The summed E-state index contributed by atoms with van der Waals surface area (Å²) in [5.74, 6) is 0. The van der Waals surface area contributed by atoms with Gasteiger partial charge in [-0.1, -0.05) is 140 Å². The summed E-state index contributed by atoms with van der Waals surface area (Å²) in [4.78, 5) is 0. The molecule has 0 N–H and O–H groups in total. The lowest BCUT2D eigenvalue weighted by Gasteiger charge is -2.16. The zero-order chi connectivity index (χ0) is 35.6. The van der Waals surface area contributed by atoms with Crippen LogP contribution in [0, 0.1) is 0 Å². The van der Waals surface area contributed by atoms with Gasteiger partial charge in [0.25, 0.3) is 0 Å². The van der Waals surface area contributed by atoms with E-state index >= 15 is 0 Å². The molecule has 0 amide bonds. The molecule has 2 nitrogen and oxygen atoms in total. The molecule has 0 unspecified atom stereocenters. The van der Waals surface area contributed by atoms with E-state index < -0.39 is 0 Å². The molecule has 11 aromatic rings. The molecular formula is C52H34N2. The minimum Gasteiger partial charge on any atom is -0.309 e. The average molecular weight is 687 g/mol. The minimum absolute atomic E-state index is 1.17. The van der Waals surface area contributed by atoms with E-state index in [1.54, 1.807) is 0 Å². The third-order valence-corrected chi connectivity index (χ3v) is 11.1. The molecular weight excluding hydrogens is 653 g/mol. The van der Waals surface area contributed by atoms with Gasteiger partial charge in [-0.15, -0.1) is 0 Å². The summed E-state index contributed by atoms with van der Waals surface area (Å²) in [6.45, 7) is 0. The van der Waals surface area contributed by atoms with Crippen molar-refractivity contribution < 1.29 is 0 Å². The summed E-state index contributed by atoms with van der Waals surface area (Å²) in [6, 6.07) is 75.3. The van der Waals surface area contributed by atoms with E-state index in [0.717, 1.165) is 0 Å². The van der Waals surface area contributed by atoms with Crippen LogP contribution in [0.3, 0.4) is 0 Å². The number of hydrogen-bond acceptors (Lipinski definition) is 0. The Morgan fingerprint density at radius 2 is 0.685 bits per heavy atom. The van der Waals surface area contributed by atoms with E-state index in [2.05, 4.69) is 215 Å². The predicted molar refractivity (Wildman–Crippen MR) is 229 cm³/mol. The zero-order valence-electron chi connectivity index (χ0n) is 29.5. The van der Waals surface area contributed by atoms with Gasteiger partial charge in [-0.05, 0) is 105 Å². The maximum atomic E-state index is 2.47. The van der Waals surface area contributed by atoms with E-state index in [9.17, 15) is 0 Å². The molecule has 2 heteroatoms. The molecule has 11 rings (SSSR count). The van der Waals surface area contributed by atoms with Crippen LogP contribution >= 0.6 is 0 Å². The van der Waals surface area contributed by atoms with Crippen LogP contribution in [0.4, 0.5) is 0 Å². The first kappa shape index (κ1) is 30.5. The fourth-order valence-electron chi connectivity index (χ4n) is 8.56. The molecule has 0 spiro atoms. The predicted octanol–water partition coefficient (Wildman–Crippen LogP) is 14.0. The van der Waals surface area contributed by atoms with Gasteiger partial charge in [0.15, 0.2) is 0 Å². The molecule has 54 heavy (non-hydrogen) atoms. The fraction of sp³-hybridized carbons (Fsp3) is 0. The molecule has 0 aliphatic heterocycles. The van der Waals surface area contributed by atoms with E-state index in [-0.39, 0.29) is 0 Å². The molecule has 0 aliphatic carbocycles. The van der Waals surface area contributed by atoms with Gasteiger partial charge in [0, 0.05) is 32.6 Å². The molecule has 9 aromatic carbocycles. The highest BCUT2D eigenvalue weighted by atomic mass is 15.0. The number of hydrogen-bond donors (Lipinski definition) is 0. The van der Waals surface area contributed by atoms with Crippen molar-refractivity contribution in [1.29, 1.82) is 0 Å². The van der Waals surface area contributed by atoms with Crippen LogP contribution in [0.15, 0.2) is 206 Å². The highest BCUT2D eigenvalue weighted by Gasteiger charge is 2.18. The quantitative estimate of drug-likeness (QED) is 0.171. The summed E-state index contributed by atoms with van der Waals surface area (Å²) in [5, 5.41) is 7.45. The Kier molecular flexibility index (Phi) is 6.90. The minimum atomic E-state index is 1.17. The molecule has 0 radical (unpaired) electrons. The Bertz CT molecular complexity index is 3180. The molecule has 0 fully saturated rings. The maximum Gasteiger partial charge on any atom is 0.0546 e. The smallest absolute Gasteiger partial charge is 0.0546 e. The number of nitrogens with zero attached hydrogens (tertiary/aromatic N) is 2. The van der Waals surface area contributed by atoms with E-state index in [1.807, 2.05) is 0 Å². The number of fused-ring (bicyclic) bond motifs is 7. The van der Waals surface area contributed by atoms with Crippen LogP contribution in [0.2, 0.25) is 0 Å². The highest BCUT2D eigenvalue weighted by molar-refractivity contribution is 6.13.